The molecule has 5 heteroatoms. The predicted octanol–water partition coefficient (Wildman–Crippen LogP) is 3.06. The van der Waals surface area contributed by atoms with Gasteiger partial charge in [-0.1, -0.05) is 29.8 Å². The lowest BCUT2D eigenvalue weighted by Crippen LogP contribution is -2.03. The van der Waals surface area contributed by atoms with E-state index in [-0.39, 0.29) is 10.9 Å². The molecular weight excluding hydrogens is 281 g/mol. The van der Waals surface area contributed by atoms with E-state index in [0.717, 1.165) is 11.3 Å². The summed E-state index contributed by atoms with van der Waals surface area (Å²) >= 11 is 5.72. The molecule has 3 rings (SSSR count). The predicted molar refractivity (Wildman–Crippen MR) is 74.2 cm³/mol. The molecule has 0 spiro atoms. The van der Waals surface area contributed by atoms with Crippen molar-refractivity contribution in [3.05, 3.63) is 63.9 Å². The third kappa shape index (κ3) is 2.28. The number of anilines is 1. The molecule has 20 heavy (non-hydrogen) atoms. The Morgan fingerprint density at radius 3 is 2.65 bits per heavy atom. The van der Waals surface area contributed by atoms with Crippen LogP contribution in [0.3, 0.4) is 0 Å². The van der Waals surface area contributed by atoms with Gasteiger partial charge in [0.25, 0.3) is 0 Å². The monoisotopic (exact) mass is 291 g/mol. The van der Waals surface area contributed by atoms with E-state index in [1.165, 1.54) is 18.2 Å². The maximum Gasteiger partial charge on any atom is 0.228 e. The first-order valence-electron chi connectivity index (χ1n) is 6.10. The van der Waals surface area contributed by atoms with Crippen LogP contribution in [0.2, 0.25) is 5.02 Å². The largest absolute Gasteiger partial charge is 0.384 e. The molecule has 0 saturated carbocycles. The summed E-state index contributed by atoms with van der Waals surface area (Å²) in [5.41, 5.74) is 2.76. The van der Waals surface area contributed by atoms with Crippen LogP contribution in [0, 0.1) is 5.82 Å². The van der Waals surface area contributed by atoms with Gasteiger partial charge in [-0.15, -0.1) is 0 Å². The Labute approximate surface area is 120 Å². The van der Waals surface area contributed by atoms with Crippen LogP contribution in [0.1, 0.15) is 22.8 Å². The molecule has 1 amide bonds. The Morgan fingerprint density at radius 2 is 1.90 bits per heavy atom. The van der Waals surface area contributed by atoms with Crippen LogP contribution in [0.25, 0.3) is 0 Å². The Hall–Kier alpha value is -1.91. The van der Waals surface area contributed by atoms with Crippen molar-refractivity contribution in [3.63, 3.8) is 0 Å². The molecule has 2 aromatic carbocycles. The minimum Gasteiger partial charge on any atom is -0.384 e. The summed E-state index contributed by atoms with van der Waals surface area (Å²) in [5.74, 6) is -0.581. The SMILES string of the molecule is O=C1Cc2cc(C(O)c3ccc(F)c(Cl)c3)ccc2N1. The van der Waals surface area contributed by atoms with Crippen molar-refractivity contribution in [1.82, 2.24) is 0 Å². The topological polar surface area (TPSA) is 49.3 Å². The third-order valence-electron chi connectivity index (χ3n) is 3.33. The lowest BCUT2D eigenvalue weighted by atomic mass is 9.99. The molecule has 1 unspecified atom stereocenters. The molecule has 2 N–H and O–H groups in total. The molecule has 102 valence electrons. The van der Waals surface area contributed by atoms with Gasteiger partial charge in [0.05, 0.1) is 11.4 Å². The lowest BCUT2D eigenvalue weighted by molar-refractivity contribution is -0.115. The van der Waals surface area contributed by atoms with Crippen molar-refractivity contribution in [2.75, 3.05) is 5.32 Å². The van der Waals surface area contributed by atoms with Gasteiger partial charge in [0.2, 0.25) is 5.91 Å². The number of hydrogen-bond acceptors (Lipinski definition) is 2. The number of benzene rings is 2. The summed E-state index contributed by atoms with van der Waals surface area (Å²) in [6.45, 7) is 0. The molecule has 1 heterocycles. The molecule has 0 saturated heterocycles. The zero-order valence-electron chi connectivity index (χ0n) is 10.4. The van der Waals surface area contributed by atoms with E-state index in [2.05, 4.69) is 5.32 Å². The van der Waals surface area contributed by atoms with Gasteiger partial charge in [-0.05, 0) is 34.9 Å². The van der Waals surface area contributed by atoms with Crippen LogP contribution in [0.4, 0.5) is 10.1 Å². The fourth-order valence-electron chi connectivity index (χ4n) is 2.29. The van der Waals surface area contributed by atoms with E-state index < -0.39 is 11.9 Å². The van der Waals surface area contributed by atoms with Crippen LogP contribution in [0.15, 0.2) is 36.4 Å². The first-order valence-corrected chi connectivity index (χ1v) is 6.48. The number of halogens is 2. The average Bonchev–Trinajstić information content (AvgIpc) is 2.80. The first-order chi connectivity index (χ1) is 9.54. The molecule has 1 atom stereocenters. The molecule has 0 aromatic heterocycles. The van der Waals surface area contributed by atoms with Gasteiger partial charge >= 0.3 is 0 Å². The smallest absolute Gasteiger partial charge is 0.228 e. The Balaban J connectivity index is 1.94. The number of carbonyl (C=O) groups excluding carboxylic acids is 1. The number of amides is 1. The first kappa shape index (κ1) is 13.1. The second kappa shape index (κ2) is 4.89. The molecule has 0 aliphatic carbocycles. The second-order valence-electron chi connectivity index (χ2n) is 4.72. The minimum atomic E-state index is -0.908. The summed E-state index contributed by atoms with van der Waals surface area (Å²) < 4.78 is 13.1. The molecule has 1 aliphatic rings. The van der Waals surface area contributed by atoms with Gasteiger partial charge in [0.1, 0.15) is 11.9 Å². The number of aliphatic hydroxyl groups is 1. The van der Waals surface area contributed by atoms with Gasteiger partial charge in [0.15, 0.2) is 0 Å². The summed E-state index contributed by atoms with van der Waals surface area (Å²) in [7, 11) is 0. The van der Waals surface area contributed by atoms with E-state index in [4.69, 9.17) is 11.6 Å². The number of fused-ring (bicyclic) bond motifs is 1. The van der Waals surface area contributed by atoms with Gasteiger partial charge in [-0.25, -0.2) is 4.39 Å². The third-order valence-corrected chi connectivity index (χ3v) is 3.62. The van der Waals surface area contributed by atoms with E-state index in [9.17, 15) is 14.3 Å². The highest BCUT2D eigenvalue weighted by molar-refractivity contribution is 6.30. The van der Waals surface area contributed by atoms with Crippen molar-refractivity contribution < 1.29 is 14.3 Å². The summed E-state index contributed by atoms with van der Waals surface area (Å²) in [5, 5.41) is 13.0. The number of rotatable bonds is 2. The number of hydrogen-bond donors (Lipinski definition) is 2. The van der Waals surface area contributed by atoms with Crippen LogP contribution in [-0.4, -0.2) is 11.0 Å². The highest BCUT2D eigenvalue weighted by Gasteiger charge is 2.20. The molecular formula is C15H11ClFNO2. The second-order valence-corrected chi connectivity index (χ2v) is 5.12. The van der Waals surface area contributed by atoms with Crippen molar-refractivity contribution in [3.8, 4) is 0 Å². The highest BCUT2D eigenvalue weighted by atomic mass is 35.5. The number of nitrogens with one attached hydrogen (secondary N) is 1. The molecule has 0 bridgehead atoms. The highest BCUT2D eigenvalue weighted by Crippen LogP contribution is 2.30. The Bertz CT molecular complexity index is 702. The maximum atomic E-state index is 13.1. The maximum absolute atomic E-state index is 13.1. The van der Waals surface area contributed by atoms with E-state index in [0.29, 0.717) is 17.5 Å². The number of aliphatic hydroxyl groups excluding tert-OH is 1. The van der Waals surface area contributed by atoms with Gasteiger partial charge in [-0.2, -0.15) is 0 Å². The molecule has 0 fully saturated rings. The van der Waals surface area contributed by atoms with E-state index >= 15 is 0 Å². The normalized spacial score (nSPS) is 14.8. The molecule has 3 nitrogen and oxygen atoms in total. The Kier molecular flexibility index (Phi) is 3.20. The average molecular weight is 292 g/mol. The van der Waals surface area contributed by atoms with Gasteiger partial charge in [0, 0.05) is 5.69 Å². The summed E-state index contributed by atoms with van der Waals surface area (Å²) in [4.78, 5) is 11.3. The Morgan fingerprint density at radius 1 is 1.20 bits per heavy atom. The van der Waals surface area contributed by atoms with Crippen LogP contribution >= 0.6 is 11.6 Å². The fraction of sp³-hybridized carbons (Fsp3) is 0.133. The molecule has 0 radical (unpaired) electrons. The summed E-state index contributed by atoms with van der Waals surface area (Å²) in [6, 6.07) is 9.37. The van der Waals surface area contributed by atoms with Crippen molar-refractivity contribution in [1.29, 1.82) is 0 Å². The standard InChI is InChI=1S/C15H11ClFNO2/c16-11-6-9(1-3-12(11)17)15(20)8-2-4-13-10(5-8)7-14(19)18-13/h1-6,15,20H,7H2,(H,18,19). The van der Waals surface area contributed by atoms with Crippen molar-refractivity contribution in [2.24, 2.45) is 0 Å². The van der Waals surface area contributed by atoms with E-state index in [1.807, 2.05) is 0 Å². The van der Waals surface area contributed by atoms with Gasteiger partial charge < -0.3 is 10.4 Å². The molecule has 1 aliphatic heterocycles. The molecule has 2 aromatic rings. The van der Waals surface area contributed by atoms with Crippen LogP contribution in [-0.2, 0) is 11.2 Å². The van der Waals surface area contributed by atoms with Crippen molar-refractivity contribution >= 4 is 23.2 Å². The zero-order valence-corrected chi connectivity index (χ0v) is 11.1. The minimum absolute atomic E-state index is 0.0282. The lowest BCUT2D eigenvalue weighted by Gasteiger charge is -2.13. The van der Waals surface area contributed by atoms with Crippen LogP contribution in [0.5, 0.6) is 0 Å². The fourth-order valence-corrected chi connectivity index (χ4v) is 2.48. The van der Waals surface area contributed by atoms with Gasteiger partial charge in [-0.3, -0.25) is 4.79 Å². The van der Waals surface area contributed by atoms with E-state index in [1.54, 1.807) is 18.2 Å². The number of carbonyl (C=O) groups is 1. The zero-order chi connectivity index (χ0) is 14.3. The summed E-state index contributed by atoms with van der Waals surface area (Å²) in [6.07, 6.45) is -0.603. The van der Waals surface area contributed by atoms with Crippen LogP contribution < -0.4 is 5.32 Å². The quantitative estimate of drug-likeness (QED) is 0.893. The van der Waals surface area contributed by atoms with Crippen molar-refractivity contribution in [2.45, 2.75) is 12.5 Å².